The predicted molar refractivity (Wildman–Crippen MR) is 137 cm³/mol. The van der Waals surface area contributed by atoms with Crippen molar-refractivity contribution in [3.63, 3.8) is 0 Å². The summed E-state index contributed by atoms with van der Waals surface area (Å²) in [6.45, 7) is 9.36. The molecule has 1 atom stereocenters. The molecule has 186 valence electrons. The maximum atomic E-state index is 12.9. The van der Waals surface area contributed by atoms with Crippen LogP contribution in [0.3, 0.4) is 0 Å². The molecule has 0 saturated carbocycles. The average molecular weight is 535 g/mol. The van der Waals surface area contributed by atoms with Crippen LogP contribution in [0.25, 0.3) is 0 Å². The number of amides is 1. The molecule has 1 unspecified atom stereocenters. The van der Waals surface area contributed by atoms with Crippen LogP contribution in [0.1, 0.15) is 33.5 Å². The van der Waals surface area contributed by atoms with Gasteiger partial charge in [0.05, 0.1) is 22.8 Å². The van der Waals surface area contributed by atoms with Gasteiger partial charge in [-0.1, -0.05) is 36.0 Å². The lowest BCUT2D eigenvalue weighted by Gasteiger charge is -2.13. The molecule has 0 fully saturated rings. The summed E-state index contributed by atoms with van der Waals surface area (Å²) in [7, 11) is -2.34. The van der Waals surface area contributed by atoms with E-state index in [4.69, 9.17) is 4.74 Å². The number of nitrogens with one attached hydrogen (secondary N) is 1. The zero-order valence-electron chi connectivity index (χ0n) is 19.8. The molecule has 0 aliphatic rings. The number of anilines is 1. The van der Waals surface area contributed by atoms with Crippen LogP contribution < -0.4 is 5.32 Å². The first kappa shape index (κ1) is 26.6. The zero-order chi connectivity index (χ0) is 25.8. The largest absolute Gasteiger partial charge is 0.465 e. The maximum absolute atomic E-state index is 12.9. The van der Waals surface area contributed by atoms with Crippen molar-refractivity contribution in [2.24, 2.45) is 0 Å². The van der Waals surface area contributed by atoms with Gasteiger partial charge in [0, 0.05) is 11.4 Å². The number of nitrogens with zero attached hydrogens (tertiary/aromatic N) is 3. The quantitative estimate of drug-likeness (QED) is 0.235. The van der Waals surface area contributed by atoms with Gasteiger partial charge in [-0.3, -0.25) is 4.79 Å². The second-order valence-electron chi connectivity index (χ2n) is 7.60. The van der Waals surface area contributed by atoms with Gasteiger partial charge < -0.3 is 14.6 Å². The number of hydrogen-bond donors (Lipinski definition) is 1. The number of allylic oxidation sites excluding steroid dienone is 1. The van der Waals surface area contributed by atoms with Crippen LogP contribution in [0.15, 0.2) is 53.0 Å². The SMILES string of the molecule is C=CCn1c(CS(=O)(=O)c2ccccc2)nnc1SC(C)C(=O)Nc1sc(C)c(C)c1C(=O)OC. The van der Waals surface area contributed by atoms with Crippen molar-refractivity contribution >= 4 is 49.8 Å². The van der Waals surface area contributed by atoms with Crippen molar-refractivity contribution in [2.75, 3.05) is 12.4 Å². The van der Waals surface area contributed by atoms with Crippen molar-refractivity contribution in [3.8, 4) is 0 Å². The van der Waals surface area contributed by atoms with Crippen LogP contribution in [0.5, 0.6) is 0 Å². The van der Waals surface area contributed by atoms with E-state index in [1.54, 1.807) is 42.7 Å². The van der Waals surface area contributed by atoms with Gasteiger partial charge in [-0.05, 0) is 38.5 Å². The highest BCUT2D eigenvalue weighted by Gasteiger charge is 2.26. The molecule has 1 N–H and O–H groups in total. The summed E-state index contributed by atoms with van der Waals surface area (Å²) in [5.74, 6) is -0.943. The topological polar surface area (TPSA) is 120 Å². The minimum absolute atomic E-state index is 0.193. The molecule has 0 spiro atoms. The summed E-state index contributed by atoms with van der Waals surface area (Å²) < 4.78 is 32.1. The summed E-state index contributed by atoms with van der Waals surface area (Å²) in [4.78, 5) is 26.2. The Hall–Kier alpha value is -2.96. The van der Waals surface area contributed by atoms with Crippen LogP contribution in [0, 0.1) is 13.8 Å². The van der Waals surface area contributed by atoms with Crippen LogP contribution >= 0.6 is 23.1 Å². The first-order chi connectivity index (χ1) is 16.6. The summed E-state index contributed by atoms with van der Waals surface area (Å²) in [5.41, 5.74) is 1.09. The van der Waals surface area contributed by atoms with E-state index in [2.05, 4.69) is 22.1 Å². The van der Waals surface area contributed by atoms with E-state index in [1.807, 2.05) is 6.92 Å². The lowest BCUT2D eigenvalue weighted by molar-refractivity contribution is -0.115. The fourth-order valence-corrected chi connectivity index (χ4v) is 6.42. The number of carbonyl (C=O) groups is 2. The van der Waals surface area contributed by atoms with Crippen molar-refractivity contribution in [2.45, 2.75) is 48.4 Å². The Morgan fingerprint density at radius 2 is 1.94 bits per heavy atom. The minimum Gasteiger partial charge on any atom is -0.465 e. The van der Waals surface area contributed by atoms with E-state index in [0.29, 0.717) is 15.7 Å². The molecule has 35 heavy (non-hydrogen) atoms. The average Bonchev–Trinajstić information content (AvgIpc) is 3.32. The van der Waals surface area contributed by atoms with Crippen molar-refractivity contribution in [1.82, 2.24) is 14.8 Å². The van der Waals surface area contributed by atoms with Crippen LogP contribution in [-0.4, -0.2) is 47.4 Å². The number of thioether (sulfide) groups is 1. The molecule has 1 aromatic carbocycles. The van der Waals surface area contributed by atoms with Gasteiger partial charge in [0.1, 0.15) is 16.6 Å². The van der Waals surface area contributed by atoms with Crippen molar-refractivity contribution < 1.29 is 22.7 Å². The third-order valence-electron chi connectivity index (χ3n) is 5.19. The number of thiophene rings is 1. The second kappa shape index (κ2) is 11.2. The lowest BCUT2D eigenvalue weighted by Crippen LogP contribution is -2.23. The highest BCUT2D eigenvalue weighted by Crippen LogP contribution is 2.34. The number of carbonyl (C=O) groups excluding carboxylic acids is 2. The maximum Gasteiger partial charge on any atom is 0.341 e. The van der Waals surface area contributed by atoms with E-state index >= 15 is 0 Å². The zero-order valence-corrected chi connectivity index (χ0v) is 22.2. The van der Waals surface area contributed by atoms with E-state index < -0.39 is 21.1 Å². The number of hydrogen-bond acceptors (Lipinski definition) is 9. The number of rotatable bonds is 10. The highest BCUT2D eigenvalue weighted by molar-refractivity contribution is 8.00. The minimum atomic E-state index is -3.63. The van der Waals surface area contributed by atoms with Crippen LogP contribution in [0.2, 0.25) is 0 Å². The van der Waals surface area contributed by atoms with Crippen molar-refractivity contribution in [1.29, 1.82) is 0 Å². The molecule has 0 radical (unpaired) electrons. The number of sulfone groups is 1. The molecular weight excluding hydrogens is 508 g/mol. The van der Waals surface area contributed by atoms with Gasteiger partial charge in [0.15, 0.2) is 15.0 Å². The normalized spacial score (nSPS) is 12.2. The van der Waals surface area contributed by atoms with E-state index in [1.165, 1.54) is 30.6 Å². The first-order valence-corrected chi connectivity index (χ1v) is 13.9. The third-order valence-corrected chi connectivity index (χ3v) is 9.02. The molecule has 12 heteroatoms. The molecule has 3 aromatic rings. The highest BCUT2D eigenvalue weighted by atomic mass is 32.2. The van der Waals surface area contributed by atoms with Crippen molar-refractivity contribution in [3.05, 3.63) is 64.8 Å². The molecule has 2 aromatic heterocycles. The lowest BCUT2D eigenvalue weighted by atomic mass is 10.1. The van der Waals surface area contributed by atoms with Gasteiger partial charge in [-0.25, -0.2) is 13.2 Å². The summed E-state index contributed by atoms with van der Waals surface area (Å²) >= 11 is 2.44. The molecular formula is C23H26N4O5S3. The van der Waals surface area contributed by atoms with E-state index in [9.17, 15) is 18.0 Å². The fraction of sp³-hybridized carbons (Fsp3) is 0.304. The summed E-state index contributed by atoms with van der Waals surface area (Å²) in [5, 5.41) is 11.2. The molecule has 9 nitrogen and oxygen atoms in total. The van der Waals surface area contributed by atoms with E-state index in [0.717, 1.165) is 22.2 Å². The van der Waals surface area contributed by atoms with E-state index in [-0.39, 0.29) is 28.9 Å². The first-order valence-electron chi connectivity index (χ1n) is 10.6. The van der Waals surface area contributed by atoms with Gasteiger partial charge >= 0.3 is 5.97 Å². The van der Waals surface area contributed by atoms with Crippen LogP contribution in [0.4, 0.5) is 5.00 Å². The third kappa shape index (κ3) is 6.00. The Morgan fingerprint density at radius 3 is 2.57 bits per heavy atom. The Morgan fingerprint density at radius 1 is 1.26 bits per heavy atom. The van der Waals surface area contributed by atoms with Gasteiger partial charge in [-0.15, -0.1) is 28.1 Å². The van der Waals surface area contributed by atoms with Gasteiger partial charge in [-0.2, -0.15) is 0 Å². The number of benzene rings is 1. The smallest absolute Gasteiger partial charge is 0.341 e. The Bertz CT molecular complexity index is 1350. The molecule has 3 rings (SSSR count). The molecule has 1 amide bonds. The monoisotopic (exact) mass is 534 g/mol. The molecule has 0 saturated heterocycles. The summed E-state index contributed by atoms with van der Waals surface area (Å²) in [6, 6.07) is 8.12. The van der Waals surface area contributed by atoms with Crippen LogP contribution in [-0.2, 0) is 31.7 Å². The Kier molecular flexibility index (Phi) is 8.51. The standard InChI is InChI=1S/C23H26N4O5S3/c1-6-12-27-18(13-35(30,31)17-10-8-7-9-11-17)25-26-23(27)34-16(4)20(28)24-21-19(22(29)32-5)14(2)15(3)33-21/h6-11,16H,1,12-13H2,2-5H3,(H,24,28). The number of methoxy groups -OCH3 is 1. The fourth-order valence-electron chi connectivity index (χ4n) is 3.19. The number of esters is 1. The summed E-state index contributed by atoms with van der Waals surface area (Å²) in [6.07, 6.45) is 1.61. The van der Waals surface area contributed by atoms with Gasteiger partial charge in [0.2, 0.25) is 5.91 Å². The second-order valence-corrected chi connectivity index (χ2v) is 12.1. The molecule has 0 aliphatic heterocycles. The molecule has 0 bridgehead atoms. The molecule has 0 aliphatic carbocycles. The Balaban J connectivity index is 1.80. The number of ether oxygens (including phenoxy) is 1. The van der Waals surface area contributed by atoms with Gasteiger partial charge in [0.25, 0.3) is 0 Å². The molecule has 2 heterocycles. The Labute approximate surface area is 212 Å². The number of aryl methyl sites for hydroxylation is 1. The number of aromatic nitrogens is 3. The predicted octanol–water partition coefficient (Wildman–Crippen LogP) is 4.02.